The summed E-state index contributed by atoms with van der Waals surface area (Å²) in [5.41, 5.74) is 3.60. The number of aromatic amines is 1. The van der Waals surface area contributed by atoms with Crippen molar-refractivity contribution >= 4 is 22.6 Å². The van der Waals surface area contributed by atoms with Crippen molar-refractivity contribution in [3.05, 3.63) is 41.7 Å². The molecule has 0 saturated carbocycles. The molecule has 5 rings (SSSR count). The average Bonchev–Trinajstić information content (AvgIpc) is 3.27. The number of rotatable bonds is 4. The van der Waals surface area contributed by atoms with Crippen molar-refractivity contribution in [1.82, 2.24) is 24.8 Å². The van der Waals surface area contributed by atoms with Crippen molar-refractivity contribution in [2.24, 2.45) is 0 Å². The Hall–Kier alpha value is -2.97. The normalized spacial score (nSPS) is 20.1. The first kappa shape index (κ1) is 22.8. The van der Waals surface area contributed by atoms with Crippen molar-refractivity contribution in [1.29, 1.82) is 0 Å². The second kappa shape index (κ2) is 8.67. The number of nitrogens with one attached hydrogen (secondary N) is 1. The molecule has 1 saturated heterocycles. The molecule has 2 aliphatic heterocycles. The molecule has 8 nitrogen and oxygen atoms in total. The molecule has 4 heterocycles. The highest BCUT2D eigenvalue weighted by molar-refractivity contribution is 5.93. The summed E-state index contributed by atoms with van der Waals surface area (Å²) in [7, 11) is 3.86. The lowest BCUT2D eigenvalue weighted by molar-refractivity contribution is -0.138. The van der Waals surface area contributed by atoms with Gasteiger partial charge in [0.15, 0.2) is 5.82 Å². The van der Waals surface area contributed by atoms with Crippen LogP contribution in [0, 0.1) is 0 Å². The Morgan fingerprint density at radius 3 is 2.82 bits per heavy atom. The number of likely N-dealkylation sites (N-methyl/N-ethyl adjacent to an activating group) is 1. The van der Waals surface area contributed by atoms with Crippen LogP contribution in [-0.4, -0.2) is 83.6 Å². The predicted octanol–water partition coefficient (Wildman–Crippen LogP) is 3.03. The predicted molar refractivity (Wildman–Crippen MR) is 134 cm³/mol. The fraction of sp³-hybridized carbons (Fsp3) is 0.500. The van der Waals surface area contributed by atoms with Gasteiger partial charge >= 0.3 is 0 Å². The molecular formula is C26H34N6O2. The highest BCUT2D eigenvalue weighted by Gasteiger charge is 2.41. The molecule has 1 amide bonds. The molecule has 1 aromatic carbocycles. The average molecular weight is 463 g/mol. The summed E-state index contributed by atoms with van der Waals surface area (Å²) in [5, 5.41) is 1.09. The molecule has 3 aromatic rings. The molecule has 2 aromatic heterocycles. The minimum Gasteiger partial charge on any atom is -0.377 e. The van der Waals surface area contributed by atoms with Crippen LogP contribution in [-0.2, 0) is 21.5 Å². The number of fused-ring (bicyclic) bond motifs is 2. The van der Waals surface area contributed by atoms with Crippen LogP contribution in [0.2, 0.25) is 0 Å². The molecular weight excluding hydrogens is 428 g/mol. The van der Waals surface area contributed by atoms with E-state index >= 15 is 0 Å². The zero-order valence-electron chi connectivity index (χ0n) is 20.8. The second-order valence-electron chi connectivity index (χ2n) is 10.2. The summed E-state index contributed by atoms with van der Waals surface area (Å²) in [6.07, 6.45) is 2.69. The monoisotopic (exact) mass is 462 g/mol. The van der Waals surface area contributed by atoms with Gasteiger partial charge in [-0.05, 0) is 53.4 Å². The van der Waals surface area contributed by atoms with Crippen molar-refractivity contribution < 1.29 is 9.53 Å². The van der Waals surface area contributed by atoms with Crippen molar-refractivity contribution in [2.45, 2.75) is 38.8 Å². The second-order valence-corrected chi connectivity index (χ2v) is 10.2. The van der Waals surface area contributed by atoms with Gasteiger partial charge in [0.1, 0.15) is 5.82 Å². The van der Waals surface area contributed by atoms with E-state index in [2.05, 4.69) is 48.9 Å². The van der Waals surface area contributed by atoms with Crippen LogP contribution in [0.4, 0.5) is 5.82 Å². The molecule has 0 aliphatic carbocycles. The zero-order valence-corrected chi connectivity index (χ0v) is 20.8. The Labute approximate surface area is 200 Å². The fourth-order valence-electron chi connectivity index (χ4n) is 5.31. The summed E-state index contributed by atoms with van der Waals surface area (Å²) in [4.78, 5) is 33.1. The summed E-state index contributed by atoms with van der Waals surface area (Å²) in [6.45, 7) is 9.60. The lowest BCUT2D eigenvalue weighted by Crippen LogP contribution is -2.53. The summed E-state index contributed by atoms with van der Waals surface area (Å²) >= 11 is 0. The van der Waals surface area contributed by atoms with Crippen molar-refractivity contribution in [3.63, 3.8) is 0 Å². The molecule has 0 unspecified atom stereocenters. The van der Waals surface area contributed by atoms with Gasteiger partial charge in [-0.15, -0.1) is 0 Å². The van der Waals surface area contributed by atoms with Crippen LogP contribution in [0.5, 0.6) is 0 Å². The summed E-state index contributed by atoms with van der Waals surface area (Å²) < 4.78 is 5.72. The van der Waals surface area contributed by atoms with E-state index in [1.54, 1.807) is 0 Å². The molecule has 8 heteroatoms. The molecule has 2 aliphatic rings. The Bertz CT molecular complexity index is 1220. The molecule has 0 bridgehead atoms. The van der Waals surface area contributed by atoms with Gasteiger partial charge in [-0.3, -0.25) is 4.79 Å². The minimum absolute atomic E-state index is 0.120. The Morgan fingerprint density at radius 2 is 2.06 bits per heavy atom. The van der Waals surface area contributed by atoms with Gasteiger partial charge in [0.25, 0.3) is 0 Å². The maximum absolute atomic E-state index is 13.2. The van der Waals surface area contributed by atoms with Crippen molar-refractivity contribution in [2.75, 3.05) is 51.8 Å². The number of hydrogen-bond donors (Lipinski definition) is 1. The Morgan fingerprint density at radius 1 is 1.24 bits per heavy atom. The molecule has 0 spiro atoms. The first-order valence-corrected chi connectivity index (χ1v) is 12.0. The van der Waals surface area contributed by atoms with Gasteiger partial charge in [-0.1, -0.05) is 12.1 Å². The number of amides is 1. The van der Waals surface area contributed by atoms with E-state index < -0.39 is 5.54 Å². The van der Waals surface area contributed by atoms with Crippen LogP contribution >= 0.6 is 0 Å². The van der Waals surface area contributed by atoms with Crippen LogP contribution in [0.15, 0.2) is 30.5 Å². The van der Waals surface area contributed by atoms with E-state index in [0.717, 1.165) is 46.5 Å². The standard InChI is InChI=1S/C26H34N6O2/c1-17-16-34-14-13-31(17)25-20-10-12-32(22(33)15-30(4)5)26(2,3)23(20)28-24(29-25)19-7-6-8-21-18(19)9-11-27-21/h6-9,11,17,27H,10,12-16H2,1-5H3/t17-/m1/s1. The molecule has 34 heavy (non-hydrogen) atoms. The van der Waals surface area contributed by atoms with E-state index in [-0.39, 0.29) is 11.9 Å². The Balaban J connectivity index is 1.69. The largest absolute Gasteiger partial charge is 0.377 e. The van der Waals surface area contributed by atoms with Gasteiger partial charge in [-0.2, -0.15) is 0 Å². The first-order chi connectivity index (χ1) is 16.3. The first-order valence-electron chi connectivity index (χ1n) is 12.0. The number of ether oxygens (including phenoxy) is 1. The molecule has 0 radical (unpaired) electrons. The number of benzene rings is 1. The number of carbonyl (C=O) groups is 1. The van der Waals surface area contributed by atoms with Crippen LogP contribution in [0.25, 0.3) is 22.3 Å². The third-order valence-electron chi connectivity index (χ3n) is 7.05. The Kier molecular flexibility index (Phi) is 5.81. The van der Waals surface area contributed by atoms with E-state index in [1.165, 1.54) is 0 Å². The van der Waals surface area contributed by atoms with E-state index in [4.69, 9.17) is 14.7 Å². The third kappa shape index (κ3) is 3.84. The highest BCUT2D eigenvalue weighted by atomic mass is 16.5. The van der Waals surface area contributed by atoms with Gasteiger partial charge in [0.05, 0.1) is 37.0 Å². The molecule has 1 fully saturated rings. The number of anilines is 1. The lowest BCUT2D eigenvalue weighted by atomic mass is 9.87. The maximum Gasteiger partial charge on any atom is 0.237 e. The summed E-state index contributed by atoms with van der Waals surface area (Å²) in [6, 6.07) is 8.47. The topological polar surface area (TPSA) is 77.6 Å². The number of nitrogens with zero attached hydrogens (tertiary/aromatic N) is 5. The summed E-state index contributed by atoms with van der Waals surface area (Å²) in [5.74, 6) is 1.80. The SMILES string of the molecule is C[C@@H]1COCCN1c1nc(-c2cccc3[nH]ccc23)nc2c1CCN(C(=O)CN(C)C)C2(C)C. The lowest BCUT2D eigenvalue weighted by Gasteiger charge is -2.45. The fourth-order valence-corrected chi connectivity index (χ4v) is 5.31. The van der Waals surface area contributed by atoms with Crippen LogP contribution < -0.4 is 4.90 Å². The maximum atomic E-state index is 13.2. The van der Waals surface area contributed by atoms with Gasteiger partial charge < -0.3 is 24.4 Å². The number of H-pyrrole nitrogens is 1. The minimum atomic E-state index is -0.547. The quantitative estimate of drug-likeness (QED) is 0.642. The number of morpholine rings is 1. The zero-order chi connectivity index (χ0) is 24.0. The van der Waals surface area contributed by atoms with E-state index in [0.29, 0.717) is 32.1 Å². The van der Waals surface area contributed by atoms with E-state index in [9.17, 15) is 4.79 Å². The molecule has 1 N–H and O–H groups in total. The van der Waals surface area contributed by atoms with Crippen LogP contribution in [0.3, 0.4) is 0 Å². The van der Waals surface area contributed by atoms with Gasteiger partial charge in [0, 0.05) is 41.3 Å². The number of carbonyl (C=O) groups excluding carboxylic acids is 1. The number of hydrogen-bond acceptors (Lipinski definition) is 6. The van der Waals surface area contributed by atoms with Crippen LogP contribution in [0.1, 0.15) is 32.0 Å². The van der Waals surface area contributed by atoms with Crippen molar-refractivity contribution in [3.8, 4) is 11.4 Å². The highest BCUT2D eigenvalue weighted by Crippen LogP contribution is 2.40. The molecule has 180 valence electrons. The molecule has 1 atom stereocenters. The smallest absolute Gasteiger partial charge is 0.237 e. The van der Waals surface area contributed by atoms with E-state index in [1.807, 2.05) is 36.2 Å². The van der Waals surface area contributed by atoms with Gasteiger partial charge in [0.2, 0.25) is 5.91 Å². The third-order valence-corrected chi connectivity index (χ3v) is 7.05. The van der Waals surface area contributed by atoms with Gasteiger partial charge in [-0.25, -0.2) is 9.97 Å². The number of aromatic nitrogens is 3.